The first kappa shape index (κ1) is 19.1. The molecule has 1 aliphatic heterocycles. The van der Waals surface area contributed by atoms with Crippen LogP contribution < -0.4 is 10.6 Å². The van der Waals surface area contributed by atoms with Gasteiger partial charge in [0.2, 0.25) is 5.95 Å². The van der Waals surface area contributed by atoms with E-state index in [2.05, 4.69) is 10.1 Å². The van der Waals surface area contributed by atoms with Crippen molar-refractivity contribution in [3.63, 3.8) is 0 Å². The minimum Gasteiger partial charge on any atom is -0.466 e. The van der Waals surface area contributed by atoms with Crippen LogP contribution >= 0.6 is 0 Å². The number of nitrogen functional groups attached to an aromatic ring is 1. The van der Waals surface area contributed by atoms with Gasteiger partial charge in [-0.05, 0) is 44.0 Å². The number of halogens is 1. The van der Waals surface area contributed by atoms with Gasteiger partial charge in [0.1, 0.15) is 11.6 Å². The molecule has 3 heterocycles. The number of fused-ring (bicyclic) bond motifs is 1. The highest BCUT2D eigenvalue weighted by Gasteiger charge is 2.28. The van der Waals surface area contributed by atoms with E-state index in [0.29, 0.717) is 61.0 Å². The van der Waals surface area contributed by atoms with E-state index in [4.69, 9.17) is 15.5 Å². The molecule has 0 spiro atoms. The number of benzene rings is 1. The number of hydrogen-bond donors (Lipinski definition) is 1. The lowest BCUT2D eigenvalue weighted by Gasteiger charge is -2.31. The van der Waals surface area contributed by atoms with E-state index in [1.54, 1.807) is 23.9 Å². The summed E-state index contributed by atoms with van der Waals surface area (Å²) in [6.45, 7) is 3.48. The second-order valence-corrected chi connectivity index (χ2v) is 7.10. The number of piperidine rings is 1. The van der Waals surface area contributed by atoms with Crippen LogP contribution in [0.3, 0.4) is 0 Å². The second-order valence-electron chi connectivity index (χ2n) is 7.10. The average molecular weight is 398 g/mol. The molecule has 4 rings (SSSR count). The Kier molecular flexibility index (Phi) is 5.04. The van der Waals surface area contributed by atoms with Crippen LogP contribution in [-0.2, 0) is 16.6 Å². The Morgan fingerprint density at radius 1 is 1.24 bits per heavy atom. The monoisotopic (exact) mass is 398 g/mol. The van der Waals surface area contributed by atoms with E-state index in [1.165, 1.54) is 12.1 Å². The summed E-state index contributed by atoms with van der Waals surface area (Å²) < 4.78 is 20.1. The Morgan fingerprint density at radius 2 is 1.93 bits per heavy atom. The molecule has 1 fully saturated rings. The normalized spacial score (nSPS) is 15.1. The summed E-state index contributed by atoms with van der Waals surface area (Å²) in [5, 5.41) is 5.05. The highest BCUT2D eigenvalue weighted by Crippen LogP contribution is 2.33. The summed E-state index contributed by atoms with van der Waals surface area (Å²) in [6, 6.07) is 6.11. The molecule has 29 heavy (non-hydrogen) atoms. The Morgan fingerprint density at radius 3 is 2.59 bits per heavy atom. The van der Waals surface area contributed by atoms with Crippen molar-refractivity contribution < 1.29 is 13.9 Å². The van der Waals surface area contributed by atoms with Crippen molar-refractivity contribution in [2.24, 2.45) is 13.0 Å². The van der Waals surface area contributed by atoms with Crippen molar-refractivity contribution in [1.82, 2.24) is 19.7 Å². The van der Waals surface area contributed by atoms with Gasteiger partial charge in [-0.2, -0.15) is 10.1 Å². The number of aryl methyl sites for hydroxylation is 1. The lowest BCUT2D eigenvalue weighted by atomic mass is 9.97. The highest BCUT2D eigenvalue weighted by atomic mass is 19.1. The largest absolute Gasteiger partial charge is 0.466 e. The van der Waals surface area contributed by atoms with E-state index in [0.717, 1.165) is 5.56 Å². The molecule has 3 aromatic rings. The number of nitrogens with zero attached hydrogens (tertiary/aromatic N) is 5. The quantitative estimate of drug-likeness (QED) is 0.674. The molecule has 0 unspecified atom stereocenters. The number of aromatic nitrogens is 4. The number of carbonyl (C=O) groups is 1. The van der Waals surface area contributed by atoms with Crippen molar-refractivity contribution in [2.45, 2.75) is 19.8 Å². The molecule has 1 aliphatic rings. The first-order valence-electron chi connectivity index (χ1n) is 9.65. The zero-order chi connectivity index (χ0) is 20.5. The van der Waals surface area contributed by atoms with E-state index in [9.17, 15) is 9.18 Å². The molecule has 152 valence electrons. The standard InChI is InChI=1S/C20H23FN6O2/c1-3-29-19(28)13-8-10-27(11-9-13)20-23-16(12-4-6-14(21)7-5-12)15-17(22)26(2)25-18(15)24-20/h4-7,13H,3,8-11,22H2,1-2H3. The van der Waals surface area contributed by atoms with Crippen LogP contribution in [0, 0.1) is 11.7 Å². The maximum atomic E-state index is 13.4. The first-order chi connectivity index (χ1) is 14.0. The van der Waals surface area contributed by atoms with Gasteiger partial charge in [-0.1, -0.05) is 0 Å². The van der Waals surface area contributed by atoms with E-state index in [-0.39, 0.29) is 17.7 Å². The van der Waals surface area contributed by atoms with Crippen LogP contribution in [-0.4, -0.2) is 45.4 Å². The summed E-state index contributed by atoms with van der Waals surface area (Å²) in [5.41, 5.74) is 8.04. The predicted molar refractivity (Wildman–Crippen MR) is 108 cm³/mol. The van der Waals surface area contributed by atoms with E-state index < -0.39 is 0 Å². The maximum absolute atomic E-state index is 13.4. The molecule has 0 bridgehead atoms. The first-order valence-corrected chi connectivity index (χ1v) is 9.65. The highest BCUT2D eigenvalue weighted by molar-refractivity contribution is 5.98. The fraction of sp³-hybridized carbons (Fsp3) is 0.400. The molecule has 0 amide bonds. The number of carbonyl (C=O) groups excluding carboxylic acids is 1. The van der Waals surface area contributed by atoms with Crippen LogP contribution in [0.1, 0.15) is 19.8 Å². The number of esters is 1. The molecule has 2 aromatic heterocycles. The minimum atomic E-state index is -0.320. The molecular weight excluding hydrogens is 375 g/mol. The number of anilines is 2. The third-order valence-corrected chi connectivity index (χ3v) is 5.24. The van der Waals surface area contributed by atoms with Gasteiger partial charge in [-0.3, -0.25) is 9.48 Å². The SMILES string of the molecule is CCOC(=O)C1CCN(c2nc(-c3ccc(F)cc3)c3c(N)n(C)nc3n2)CC1. The van der Waals surface area contributed by atoms with Crippen molar-refractivity contribution >= 4 is 28.8 Å². The predicted octanol–water partition coefficient (Wildman–Crippen LogP) is 2.53. The summed E-state index contributed by atoms with van der Waals surface area (Å²) in [6.07, 6.45) is 1.35. The minimum absolute atomic E-state index is 0.100. The molecule has 0 saturated carbocycles. The van der Waals surface area contributed by atoms with Crippen LogP contribution in [0.2, 0.25) is 0 Å². The Labute approximate surface area is 167 Å². The summed E-state index contributed by atoms with van der Waals surface area (Å²) >= 11 is 0. The fourth-order valence-electron chi connectivity index (χ4n) is 3.64. The van der Waals surface area contributed by atoms with Gasteiger partial charge in [0.05, 0.1) is 23.6 Å². The summed E-state index contributed by atoms with van der Waals surface area (Å²) in [4.78, 5) is 23.4. The molecule has 1 saturated heterocycles. The van der Waals surface area contributed by atoms with Crippen LogP contribution in [0.15, 0.2) is 24.3 Å². The van der Waals surface area contributed by atoms with Gasteiger partial charge in [-0.25, -0.2) is 9.37 Å². The van der Waals surface area contributed by atoms with Crippen molar-refractivity contribution in [3.8, 4) is 11.3 Å². The van der Waals surface area contributed by atoms with Gasteiger partial charge in [0.25, 0.3) is 0 Å². The van der Waals surface area contributed by atoms with E-state index in [1.807, 2.05) is 11.8 Å². The van der Waals surface area contributed by atoms with Crippen LogP contribution in [0.5, 0.6) is 0 Å². The van der Waals surface area contributed by atoms with Crippen LogP contribution in [0.4, 0.5) is 16.2 Å². The Hall–Kier alpha value is -3.23. The van der Waals surface area contributed by atoms with Crippen molar-refractivity contribution in [2.75, 3.05) is 30.3 Å². The molecule has 1 aromatic carbocycles. The molecule has 9 heteroatoms. The van der Waals surface area contributed by atoms with Crippen molar-refractivity contribution in [3.05, 3.63) is 30.1 Å². The number of nitrogens with two attached hydrogens (primary N) is 1. The van der Waals surface area contributed by atoms with Crippen LogP contribution in [0.25, 0.3) is 22.3 Å². The summed E-state index contributed by atoms with van der Waals surface area (Å²) in [7, 11) is 1.75. The zero-order valence-corrected chi connectivity index (χ0v) is 16.4. The van der Waals surface area contributed by atoms with Gasteiger partial charge >= 0.3 is 5.97 Å². The Balaban J connectivity index is 1.69. The molecule has 2 N–H and O–H groups in total. The molecule has 0 atom stereocenters. The van der Waals surface area contributed by atoms with E-state index >= 15 is 0 Å². The third kappa shape index (κ3) is 3.59. The smallest absolute Gasteiger partial charge is 0.309 e. The average Bonchev–Trinajstić information content (AvgIpc) is 3.02. The van der Waals surface area contributed by atoms with Gasteiger partial charge in [0, 0.05) is 25.7 Å². The summed E-state index contributed by atoms with van der Waals surface area (Å²) in [5.74, 6) is 0.411. The third-order valence-electron chi connectivity index (χ3n) is 5.24. The van der Waals surface area contributed by atoms with Gasteiger partial charge in [0.15, 0.2) is 5.65 Å². The number of rotatable bonds is 4. The number of ether oxygens (including phenoxy) is 1. The van der Waals surface area contributed by atoms with Gasteiger partial charge < -0.3 is 15.4 Å². The lowest BCUT2D eigenvalue weighted by Crippen LogP contribution is -2.38. The van der Waals surface area contributed by atoms with Crippen molar-refractivity contribution in [1.29, 1.82) is 0 Å². The Bertz CT molecular complexity index is 1040. The lowest BCUT2D eigenvalue weighted by molar-refractivity contribution is -0.148. The second kappa shape index (κ2) is 7.65. The maximum Gasteiger partial charge on any atom is 0.309 e. The fourth-order valence-corrected chi connectivity index (χ4v) is 3.64. The molecule has 8 nitrogen and oxygen atoms in total. The molecule has 0 radical (unpaired) electrons. The topological polar surface area (TPSA) is 99.2 Å². The zero-order valence-electron chi connectivity index (χ0n) is 16.4. The number of hydrogen-bond acceptors (Lipinski definition) is 7. The molecular formula is C20H23FN6O2. The van der Waals surface area contributed by atoms with Gasteiger partial charge in [-0.15, -0.1) is 0 Å². The molecule has 0 aliphatic carbocycles.